The Balaban J connectivity index is 2.09. The molecule has 0 saturated carbocycles. The zero-order valence-electron chi connectivity index (χ0n) is 15.1. The second-order valence-corrected chi connectivity index (χ2v) is 6.29. The molecule has 2 rings (SSSR count). The van der Waals surface area contributed by atoms with Crippen LogP contribution in [0.2, 0.25) is 5.02 Å². The van der Waals surface area contributed by atoms with Crippen molar-refractivity contribution in [2.24, 2.45) is 0 Å². The number of rotatable bonds is 6. The van der Waals surface area contributed by atoms with Crippen LogP contribution in [-0.4, -0.2) is 25.5 Å². The van der Waals surface area contributed by atoms with Crippen molar-refractivity contribution >= 4 is 29.1 Å². The number of nitrogens with one attached hydrogen (secondary N) is 2. The van der Waals surface area contributed by atoms with Gasteiger partial charge in [0.2, 0.25) is 0 Å². The van der Waals surface area contributed by atoms with E-state index in [1.54, 1.807) is 7.11 Å². The molecule has 0 bridgehead atoms. The van der Waals surface area contributed by atoms with Gasteiger partial charge in [-0.3, -0.25) is 9.59 Å². The molecule has 6 nitrogen and oxygen atoms in total. The number of benzene rings is 2. The molecule has 0 radical (unpaired) electrons. The maximum absolute atomic E-state index is 12.2. The Morgan fingerprint density at radius 3 is 2.48 bits per heavy atom. The molecule has 140 valence electrons. The predicted molar refractivity (Wildman–Crippen MR) is 103 cm³/mol. The number of nitrogens with zero attached hydrogens (tertiary/aromatic N) is 1. The van der Waals surface area contributed by atoms with E-state index < -0.39 is 17.4 Å². The first-order valence-electron chi connectivity index (χ1n) is 8.35. The first kappa shape index (κ1) is 20.4. The van der Waals surface area contributed by atoms with Gasteiger partial charge in [-0.05, 0) is 30.2 Å². The van der Waals surface area contributed by atoms with Crippen molar-refractivity contribution in [2.45, 2.75) is 18.9 Å². The van der Waals surface area contributed by atoms with Crippen LogP contribution in [0.1, 0.15) is 24.5 Å². The molecule has 2 N–H and O–H groups in total. The Morgan fingerprint density at radius 1 is 1.19 bits per heavy atom. The van der Waals surface area contributed by atoms with Gasteiger partial charge in [0.05, 0.1) is 17.8 Å². The van der Waals surface area contributed by atoms with Crippen LogP contribution in [0, 0.1) is 11.3 Å². The fraction of sp³-hybridized carbons (Fsp3) is 0.250. The number of anilines is 1. The van der Waals surface area contributed by atoms with E-state index >= 15 is 0 Å². The summed E-state index contributed by atoms with van der Waals surface area (Å²) in [6.07, 6.45) is 0.599. The molecule has 0 fully saturated rings. The smallest absolute Gasteiger partial charge is 0.313 e. The molecular weight excluding hydrogens is 366 g/mol. The quantitative estimate of drug-likeness (QED) is 0.747. The molecule has 2 amide bonds. The summed E-state index contributed by atoms with van der Waals surface area (Å²) < 4.78 is 5.67. The van der Waals surface area contributed by atoms with Crippen molar-refractivity contribution in [3.8, 4) is 6.07 Å². The first-order valence-corrected chi connectivity index (χ1v) is 8.73. The average Bonchev–Trinajstić information content (AvgIpc) is 2.70. The van der Waals surface area contributed by atoms with E-state index in [2.05, 4.69) is 10.6 Å². The summed E-state index contributed by atoms with van der Waals surface area (Å²) in [5, 5.41) is 14.5. The summed E-state index contributed by atoms with van der Waals surface area (Å²) in [5.74, 6) is -1.72. The number of amides is 2. The van der Waals surface area contributed by atoms with Crippen LogP contribution < -0.4 is 10.6 Å². The van der Waals surface area contributed by atoms with E-state index in [-0.39, 0.29) is 17.8 Å². The molecule has 7 heteroatoms. The minimum Gasteiger partial charge on any atom is -0.372 e. The third-order valence-electron chi connectivity index (χ3n) is 4.35. The van der Waals surface area contributed by atoms with Gasteiger partial charge in [-0.25, -0.2) is 0 Å². The first-order chi connectivity index (χ1) is 13.0. The highest BCUT2D eigenvalue weighted by atomic mass is 35.5. The highest BCUT2D eigenvalue weighted by Gasteiger charge is 2.31. The Hall–Kier alpha value is -2.88. The summed E-state index contributed by atoms with van der Waals surface area (Å²) in [7, 11) is 1.56. The third-order valence-corrected chi connectivity index (χ3v) is 4.59. The van der Waals surface area contributed by atoms with Crippen LogP contribution in [0.25, 0.3) is 0 Å². The van der Waals surface area contributed by atoms with E-state index in [4.69, 9.17) is 21.6 Å². The second kappa shape index (κ2) is 9.17. The Morgan fingerprint density at radius 2 is 1.89 bits per heavy atom. The fourth-order valence-electron chi connectivity index (χ4n) is 2.71. The molecule has 0 aliphatic rings. The lowest BCUT2D eigenvalue weighted by molar-refractivity contribution is -0.137. The van der Waals surface area contributed by atoms with Gasteiger partial charge in [-0.1, -0.05) is 48.9 Å². The minimum absolute atomic E-state index is 0.122. The topological polar surface area (TPSA) is 91.2 Å². The molecular formula is C20H20ClN3O3. The fourth-order valence-corrected chi connectivity index (χ4v) is 2.88. The Kier molecular flexibility index (Phi) is 6.94. The van der Waals surface area contributed by atoms with E-state index in [9.17, 15) is 9.59 Å². The molecule has 0 aromatic heterocycles. The van der Waals surface area contributed by atoms with Gasteiger partial charge in [0, 0.05) is 12.1 Å². The number of methoxy groups -OCH3 is 1. The summed E-state index contributed by atoms with van der Waals surface area (Å²) >= 11 is 5.89. The molecule has 1 atom stereocenters. The lowest BCUT2D eigenvalue weighted by atomic mass is 9.90. The van der Waals surface area contributed by atoms with Crippen molar-refractivity contribution in [3.63, 3.8) is 0 Å². The maximum Gasteiger partial charge on any atom is 0.313 e. The van der Waals surface area contributed by atoms with Crippen molar-refractivity contribution in [1.29, 1.82) is 5.26 Å². The summed E-state index contributed by atoms with van der Waals surface area (Å²) in [6, 6.07) is 15.8. The summed E-state index contributed by atoms with van der Waals surface area (Å²) in [5.41, 5.74) is 0.550. The molecule has 0 aliphatic carbocycles. The number of ether oxygens (including phenoxy) is 1. The van der Waals surface area contributed by atoms with Gasteiger partial charge >= 0.3 is 11.8 Å². The van der Waals surface area contributed by atoms with Crippen molar-refractivity contribution < 1.29 is 14.3 Å². The Bertz CT molecular complexity index is 859. The predicted octanol–water partition coefficient (Wildman–Crippen LogP) is 3.22. The summed E-state index contributed by atoms with van der Waals surface area (Å²) in [4.78, 5) is 24.5. The average molecular weight is 386 g/mol. The molecule has 2 aromatic carbocycles. The van der Waals surface area contributed by atoms with Crippen LogP contribution in [0.4, 0.5) is 5.69 Å². The zero-order chi connectivity index (χ0) is 19.9. The highest BCUT2D eigenvalue weighted by molar-refractivity contribution is 6.40. The van der Waals surface area contributed by atoms with E-state index in [0.717, 1.165) is 5.56 Å². The molecule has 27 heavy (non-hydrogen) atoms. The largest absolute Gasteiger partial charge is 0.372 e. The lowest BCUT2D eigenvalue weighted by Gasteiger charge is -2.32. The van der Waals surface area contributed by atoms with Gasteiger partial charge in [0.1, 0.15) is 11.7 Å². The number of hydrogen-bond donors (Lipinski definition) is 2. The zero-order valence-corrected chi connectivity index (χ0v) is 15.8. The summed E-state index contributed by atoms with van der Waals surface area (Å²) in [6.45, 7) is 2.06. The number of nitriles is 1. The monoisotopic (exact) mass is 385 g/mol. The van der Waals surface area contributed by atoms with E-state index in [0.29, 0.717) is 11.4 Å². The van der Waals surface area contributed by atoms with Gasteiger partial charge < -0.3 is 15.4 Å². The van der Waals surface area contributed by atoms with Gasteiger partial charge in [0.15, 0.2) is 0 Å². The third kappa shape index (κ3) is 4.85. The molecule has 0 saturated heterocycles. The van der Waals surface area contributed by atoms with Crippen molar-refractivity contribution in [2.75, 3.05) is 19.0 Å². The van der Waals surface area contributed by atoms with Crippen LogP contribution in [0.5, 0.6) is 0 Å². The minimum atomic E-state index is -0.886. The molecule has 2 aromatic rings. The SMILES string of the molecule is CCC(CNC(=O)C(=O)Nc1cc(Cl)ccc1C#N)(OC)c1ccccc1. The van der Waals surface area contributed by atoms with Crippen molar-refractivity contribution in [3.05, 3.63) is 64.7 Å². The van der Waals surface area contributed by atoms with E-state index in [1.807, 2.05) is 43.3 Å². The number of hydrogen-bond acceptors (Lipinski definition) is 4. The molecule has 0 spiro atoms. The van der Waals surface area contributed by atoms with Crippen LogP contribution >= 0.6 is 11.6 Å². The number of carbonyl (C=O) groups is 2. The van der Waals surface area contributed by atoms with Crippen LogP contribution in [-0.2, 0) is 19.9 Å². The normalized spacial score (nSPS) is 12.5. The van der Waals surface area contributed by atoms with Gasteiger partial charge in [0.25, 0.3) is 0 Å². The van der Waals surface area contributed by atoms with E-state index in [1.165, 1.54) is 18.2 Å². The maximum atomic E-state index is 12.2. The number of halogens is 1. The molecule has 0 heterocycles. The van der Waals surface area contributed by atoms with Crippen LogP contribution in [0.15, 0.2) is 48.5 Å². The van der Waals surface area contributed by atoms with Crippen LogP contribution in [0.3, 0.4) is 0 Å². The standard InChI is InChI=1S/C20H20ClN3O3/c1-3-20(27-2,15-7-5-4-6-8-15)13-23-18(25)19(26)24-17-11-16(21)10-9-14(17)12-22/h4-11H,3,13H2,1-2H3,(H,23,25)(H,24,26). The van der Waals surface area contributed by atoms with Gasteiger partial charge in [-0.15, -0.1) is 0 Å². The number of carbonyl (C=O) groups excluding carboxylic acids is 2. The lowest BCUT2D eigenvalue weighted by Crippen LogP contribution is -2.45. The van der Waals surface area contributed by atoms with Gasteiger partial charge in [-0.2, -0.15) is 5.26 Å². The second-order valence-electron chi connectivity index (χ2n) is 5.86. The molecule has 0 aliphatic heterocycles. The highest BCUT2D eigenvalue weighted by Crippen LogP contribution is 2.28. The Labute approximate surface area is 163 Å². The van der Waals surface area contributed by atoms with Crippen molar-refractivity contribution in [1.82, 2.24) is 5.32 Å². The molecule has 1 unspecified atom stereocenters.